The molecular weight excluding hydrogens is 188 g/mol. The first-order valence-corrected chi connectivity index (χ1v) is 3.81. The standard InChI is InChI=1S/C8H10N2O4/c1-5-4-6(12-2)10-7(9-5)14-8(11)13-3/h4H,1-3H3. The Balaban J connectivity index is 2.86. The number of aromatic nitrogens is 2. The molecule has 0 fully saturated rings. The van der Waals surface area contributed by atoms with E-state index in [1.165, 1.54) is 14.2 Å². The fourth-order valence-electron chi connectivity index (χ4n) is 0.780. The van der Waals surface area contributed by atoms with Gasteiger partial charge in [-0.25, -0.2) is 4.79 Å². The summed E-state index contributed by atoms with van der Waals surface area (Å²) < 4.78 is 13.8. The summed E-state index contributed by atoms with van der Waals surface area (Å²) in [4.78, 5) is 18.4. The average molecular weight is 198 g/mol. The van der Waals surface area contributed by atoms with Gasteiger partial charge in [-0.15, -0.1) is 0 Å². The van der Waals surface area contributed by atoms with E-state index in [9.17, 15) is 4.79 Å². The van der Waals surface area contributed by atoms with Crippen molar-refractivity contribution in [2.75, 3.05) is 14.2 Å². The predicted octanol–water partition coefficient (Wildman–Crippen LogP) is 0.939. The summed E-state index contributed by atoms with van der Waals surface area (Å²) in [5, 5.41) is 0. The molecule has 0 saturated carbocycles. The van der Waals surface area contributed by atoms with Gasteiger partial charge in [-0.05, 0) is 6.92 Å². The van der Waals surface area contributed by atoms with Gasteiger partial charge in [-0.3, -0.25) is 0 Å². The van der Waals surface area contributed by atoms with E-state index < -0.39 is 6.16 Å². The molecule has 0 unspecified atom stereocenters. The Kier molecular flexibility index (Phi) is 3.22. The highest BCUT2D eigenvalue weighted by atomic mass is 16.7. The Bertz CT molecular complexity index is 340. The first-order chi connectivity index (χ1) is 6.65. The van der Waals surface area contributed by atoms with Crippen LogP contribution in [-0.4, -0.2) is 30.3 Å². The molecule has 1 aromatic heterocycles. The third-order valence-corrected chi connectivity index (χ3v) is 1.36. The van der Waals surface area contributed by atoms with E-state index in [2.05, 4.69) is 19.4 Å². The van der Waals surface area contributed by atoms with Crippen molar-refractivity contribution in [1.29, 1.82) is 0 Å². The van der Waals surface area contributed by atoms with Gasteiger partial charge in [0, 0.05) is 11.8 Å². The van der Waals surface area contributed by atoms with Crippen LogP contribution in [0.1, 0.15) is 5.69 Å². The van der Waals surface area contributed by atoms with Crippen LogP contribution in [0.25, 0.3) is 0 Å². The molecule has 6 nitrogen and oxygen atoms in total. The van der Waals surface area contributed by atoms with E-state index in [0.29, 0.717) is 11.6 Å². The molecule has 0 spiro atoms. The van der Waals surface area contributed by atoms with Crippen LogP contribution >= 0.6 is 0 Å². The minimum Gasteiger partial charge on any atom is -0.481 e. The van der Waals surface area contributed by atoms with Crippen LogP contribution in [0, 0.1) is 6.92 Å². The van der Waals surface area contributed by atoms with Crippen molar-refractivity contribution in [1.82, 2.24) is 9.97 Å². The highest BCUT2D eigenvalue weighted by molar-refractivity contribution is 5.62. The molecule has 6 heteroatoms. The Morgan fingerprint density at radius 1 is 1.36 bits per heavy atom. The summed E-state index contributed by atoms with van der Waals surface area (Å²) in [6, 6.07) is 1.53. The average Bonchev–Trinajstić information content (AvgIpc) is 2.16. The lowest BCUT2D eigenvalue weighted by Gasteiger charge is -2.03. The van der Waals surface area contributed by atoms with Gasteiger partial charge in [0.1, 0.15) is 0 Å². The van der Waals surface area contributed by atoms with Crippen LogP contribution in [-0.2, 0) is 4.74 Å². The maximum Gasteiger partial charge on any atom is 0.516 e. The topological polar surface area (TPSA) is 70.5 Å². The number of methoxy groups -OCH3 is 2. The number of ether oxygens (including phenoxy) is 3. The maximum absolute atomic E-state index is 10.7. The number of carbonyl (C=O) groups excluding carboxylic acids is 1. The summed E-state index contributed by atoms with van der Waals surface area (Å²) in [7, 11) is 2.67. The van der Waals surface area contributed by atoms with Crippen molar-refractivity contribution in [3.8, 4) is 11.9 Å². The van der Waals surface area contributed by atoms with Gasteiger partial charge in [0.15, 0.2) is 0 Å². The lowest BCUT2D eigenvalue weighted by Crippen LogP contribution is -2.10. The van der Waals surface area contributed by atoms with Gasteiger partial charge in [-0.1, -0.05) is 0 Å². The Hall–Kier alpha value is -1.85. The maximum atomic E-state index is 10.7. The fourth-order valence-corrected chi connectivity index (χ4v) is 0.780. The molecule has 0 bridgehead atoms. The molecular formula is C8H10N2O4. The van der Waals surface area contributed by atoms with E-state index in [4.69, 9.17) is 4.74 Å². The molecule has 0 aromatic carbocycles. The lowest BCUT2D eigenvalue weighted by atomic mass is 10.4. The van der Waals surface area contributed by atoms with Crippen LogP contribution in [0.4, 0.5) is 4.79 Å². The zero-order chi connectivity index (χ0) is 10.6. The van der Waals surface area contributed by atoms with Crippen molar-refractivity contribution in [3.63, 3.8) is 0 Å². The zero-order valence-corrected chi connectivity index (χ0v) is 8.10. The second-order valence-corrected chi connectivity index (χ2v) is 2.39. The summed E-state index contributed by atoms with van der Waals surface area (Å²) >= 11 is 0. The lowest BCUT2D eigenvalue weighted by molar-refractivity contribution is 0.117. The highest BCUT2D eigenvalue weighted by Crippen LogP contribution is 2.12. The molecule has 0 aliphatic rings. The van der Waals surface area contributed by atoms with Crippen LogP contribution in [0.15, 0.2) is 6.07 Å². The Morgan fingerprint density at radius 2 is 2.07 bits per heavy atom. The Labute approximate surface area is 80.8 Å². The first-order valence-electron chi connectivity index (χ1n) is 3.81. The molecule has 76 valence electrons. The van der Waals surface area contributed by atoms with E-state index in [1.54, 1.807) is 13.0 Å². The summed E-state index contributed by atoms with van der Waals surface area (Å²) in [6.07, 6.45) is -0.863. The van der Waals surface area contributed by atoms with Crippen molar-refractivity contribution < 1.29 is 19.0 Å². The van der Waals surface area contributed by atoms with Crippen LogP contribution in [0.2, 0.25) is 0 Å². The zero-order valence-electron chi connectivity index (χ0n) is 8.10. The first kappa shape index (κ1) is 10.2. The molecule has 0 amide bonds. The molecule has 0 aliphatic heterocycles. The number of nitrogens with zero attached hydrogens (tertiary/aromatic N) is 2. The van der Waals surface area contributed by atoms with Crippen LogP contribution in [0.3, 0.4) is 0 Å². The van der Waals surface area contributed by atoms with E-state index in [-0.39, 0.29) is 6.01 Å². The van der Waals surface area contributed by atoms with Gasteiger partial charge >= 0.3 is 12.2 Å². The fraction of sp³-hybridized carbons (Fsp3) is 0.375. The summed E-state index contributed by atoms with van der Waals surface area (Å²) in [5.74, 6) is 0.330. The predicted molar refractivity (Wildman–Crippen MR) is 46.4 cm³/mol. The number of aryl methyl sites for hydroxylation is 1. The van der Waals surface area contributed by atoms with Crippen molar-refractivity contribution in [2.24, 2.45) is 0 Å². The third-order valence-electron chi connectivity index (χ3n) is 1.36. The number of rotatable bonds is 2. The minimum absolute atomic E-state index is 0.0892. The van der Waals surface area contributed by atoms with Crippen molar-refractivity contribution >= 4 is 6.16 Å². The number of hydrogen-bond acceptors (Lipinski definition) is 6. The molecule has 0 saturated heterocycles. The normalized spacial score (nSPS) is 9.36. The van der Waals surface area contributed by atoms with Crippen molar-refractivity contribution in [2.45, 2.75) is 6.92 Å². The molecule has 14 heavy (non-hydrogen) atoms. The third kappa shape index (κ3) is 2.58. The SMILES string of the molecule is COC(=O)Oc1nc(C)cc(OC)n1. The highest BCUT2D eigenvalue weighted by Gasteiger charge is 2.08. The molecule has 1 rings (SSSR count). The quantitative estimate of drug-likeness (QED) is 0.658. The monoisotopic (exact) mass is 198 g/mol. The largest absolute Gasteiger partial charge is 0.516 e. The molecule has 1 aromatic rings. The van der Waals surface area contributed by atoms with Crippen molar-refractivity contribution in [3.05, 3.63) is 11.8 Å². The molecule has 0 atom stereocenters. The second kappa shape index (κ2) is 4.40. The molecule has 0 aliphatic carbocycles. The van der Waals surface area contributed by atoms with Gasteiger partial charge in [0.05, 0.1) is 14.2 Å². The molecule has 0 N–H and O–H groups in total. The summed E-state index contributed by atoms with van der Waals surface area (Å²) in [6.45, 7) is 1.73. The smallest absolute Gasteiger partial charge is 0.481 e. The van der Waals surface area contributed by atoms with Gasteiger partial charge < -0.3 is 14.2 Å². The minimum atomic E-state index is -0.863. The van der Waals surface area contributed by atoms with Gasteiger partial charge in [0.25, 0.3) is 0 Å². The van der Waals surface area contributed by atoms with Gasteiger partial charge in [0.2, 0.25) is 5.88 Å². The number of carbonyl (C=O) groups is 1. The van der Waals surface area contributed by atoms with Crippen LogP contribution < -0.4 is 9.47 Å². The second-order valence-electron chi connectivity index (χ2n) is 2.39. The molecule has 0 radical (unpaired) electrons. The van der Waals surface area contributed by atoms with Crippen LogP contribution in [0.5, 0.6) is 11.9 Å². The summed E-state index contributed by atoms with van der Waals surface area (Å²) in [5.41, 5.74) is 0.635. The van der Waals surface area contributed by atoms with E-state index in [0.717, 1.165) is 0 Å². The van der Waals surface area contributed by atoms with E-state index >= 15 is 0 Å². The Morgan fingerprint density at radius 3 is 2.64 bits per heavy atom. The number of hydrogen-bond donors (Lipinski definition) is 0. The van der Waals surface area contributed by atoms with E-state index in [1.807, 2.05) is 0 Å². The van der Waals surface area contributed by atoms with Gasteiger partial charge in [-0.2, -0.15) is 9.97 Å². The molecule has 1 heterocycles.